The Morgan fingerprint density at radius 1 is 1.38 bits per heavy atom. The summed E-state index contributed by atoms with van der Waals surface area (Å²) in [7, 11) is 0. The van der Waals surface area contributed by atoms with E-state index in [9.17, 15) is 4.79 Å². The van der Waals surface area contributed by atoms with Crippen LogP contribution >= 0.6 is 0 Å². The van der Waals surface area contributed by atoms with E-state index in [2.05, 4.69) is 10.6 Å². The molecule has 0 aliphatic heterocycles. The van der Waals surface area contributed by atoms with E-state index in [0.29, 0.717) is 6.54 Å². The summed E-state index contributed by atoms with van der Waals surface area (Å²) in [6.45, 7) is 2.46. The third-order valence-corrected chi connectivity index (χ3v) is 3.35. The van der Waals surface area contributed by atoms with Crippen molar-refractivity contribution < 1.29 is 14.6 Å². The van der Waals surface area contributed by atoms with E-state index < -0.39 is 0 Å². The zero-order valence-corrected chi connectivity index (χ0v) is 12.2. The fourth-order valence-electron chi connectivity index (χ4n) is 2.25. The second kappa shape index (κ2) is 7.69. The molecule has 0 saturated heterocycles. The molecular formula is C16H22N2O3. The highest BCUT2D eigenvalue weighted by Gasteiger charge is 2.19. The van der Waals surface area contributed by atoms with Crippen molar-refractivity contribution in [2.45, 2.75) is 25.5 Å². The van der Waals surface area contributed by atoms with E-state index >= 15 is 0 Å². The zero-order valence-electron chi connectivity index (χ0n) is 12.2. The van der Waals surface area contributed by atoms with Crippen molar-refractivity contribution >= 4 is 6.03 Å². The molecule has 1 aromatic carbocycles. The summed E-state index contributed by atoms with van der Waals surface area (Å²) in [5.41, 5.74) is 0. The van der Waals surface area contributed by atoms with Gasteiger partial charge in [-0.15, -0.1) is 0 Å². The Bertz CT molecular complexity index is 476. The van der Waals surface area contributed by atoms with Crippen LogP contribution in [0.4, 0.5) is 4.79 Å². The summed E-state index contributed by atoms with van der Waals surface area (Å²) in [6, 6.07) is 9.29. The van der Waals surface area contributed by atoms with Crippen LogP contribution in [0.2, 0.25) is 0 Å². The molecule has 1 unspecified atom stereocenters. The SMILES string of the molecule is CC(CNC(=O)N[C@@H]1C=C[C@H](CO)C1)Oc1ccccc1. The Balaban J connectivity index is 1.66. The Labute approximate surface area is 125 Å². The number of aliphatic hydroxyl groups excluding tert-OH is 1. The molecule has 5 nitrogen and oxygen atoms in total. The van der Waals surface area contributed by atoms with Gasteiger partial charge in [0.05, 0.1) is 6.54 Å². The standard InChI is InChI=1S/C16H22N2O3/c1-12(21-15-5-3-2-4-6-15)10-17-16(20)18-14-8-7-13(9-14)11-19/h2-8,12-14,19H,9-11H2,1H3,(H2,17,18,20)/t12?,13-,14+/m0/s1. The number of hydrogen-bond donors (Lipinski definition) is 3. The Kier molecular flexibility index (Phi) is 5.63. The summed E-state index contributed by atoms with van der Waals surface area (Å²) in [6.07, 6.45) is 4.50. The molecule has 0 saturated carbocycles. The van der Waals surface area contributed by atoms with E-state index in [4.69, 9.17) is 9.84 Å². The molecule has 1 aliphatic carbocycles. The molecule has 5 heteroatoms. The van der Waals surface area contributed by atoms with Gasteiger partial charge >= 0.3 is 6.03 Å². The average molecular weight is 290 g/mol. The number of para-hydroxylation sites is 1. The van der Waals surface area contributed by atoms with Crippen molar-refractivity contribution in [1.82, 2.24) is 10.6 Å². The number of amides is 2. The molecular weight excluding hydrogens is 268 g/mol. The van der Waals surface area contributed by atoms with Crippen LogP contribution in [0.5, 0.6) is 5.75 Å². The van der Waals surface area contributed by atoms with Gasteiger partial charge in [0.2, 0.25) is 0 Å². The molecule has 3 N–H and O–H groups in total. The maximum Gasteiger partial charge on any atom is 0.315 e. The van der Waals surface area contributed by atoms with Crippen molar-refractivity contribution in [3.05, 3.63) is 42.5 Å². The van der Waals surface area contributed by atoms with Gasteiger partial charge in [-0.1, -0.05) is 30.4 Å². The third-order valence-electron chi connectivity index (χ3n) is 3.35. The molecule has 2 rings (SSSR count). The highest BCUT2D eigenvalue weighted by atomic mass is 16.5. The molecule has 1 aromatic rings. The number of ether oxygens (including phenoxy) is 1. The van der Waals surface area contributed by atoms with Gasteiger partial charge in [-0.2, -0.15) is 0 Å². The summed E-state index contributed by atoms with van der Waals surface area (Å²) in [5, 5.41) is 14.7. The second-order valence-corrected chi connectivity index (χ2v) is 5.27. The molecule has 114 valence electrons. The highest BCUT2D eigenvalue weighted by molar-refractivity contribution is 5.74. The van der Waals surface area contributed by atoms with Crippen LogP contribution in [0, 0.1) is 5.92 Å². The van der Waals surface area contributed by atoms with E-state index in [-0.39, 0.29) is 30.7 Å². The first-order valence-corrected chi connectivity index (χ1v) is 7.22. The van der Waals surface area contributed by atoms with Crippen molar-refractivity contribution in [2.75, 3.05) is 13.2 Å². The molecule has 0 spiro atoms. The third kappa shape index (κ3) is 5.11. The van der Waals surface area contributed by atoms with Crippen molar-refractivity contribution in [1.29, 1.82) is 0 Å². The molecule has 0 bridgehead atoms. The van der Waals surface area contributed by atoms with Gasteiger partial charge < -0.3 is 20.5 Å². The number of carbonyl (C=O) groups is 1. The van der Waals surface area contributed by atoms with Gasteiger partial charge in [-0.25, -0.2) is 4.79 Å². The average Bonchev–Trinajstić information content (AvgIpc) is 2.94. The summed E-state index contributed by atoms with van der Waals surface area (Å²) in [5.74, 6) is 0.937. The Morgan fingerprint density at radius 2 is 2.14 bits per heavy atom. The molecule has 0 fully saturated rings. The number of aliphatic hydroxyl groups is 1. The maximum atomic E-state index is 11.8. The van der Waals surface area contributed by atoms with E-state index in [0.717, 1.165) is 12.2 Å². The lowest BCUT2D eigenvalue weighted by atomic mass is 10.1. The van der Waals surface area contributed by atoms with E-state index in [1.807, 2.05) is 49.4 Å². The molecule has 21 heavy (non-hydrogen) atoms. The van der Waals surface area contributed by atoms with Gasteiger partial charge in [0.25, 0.3) is 0 Å². The number of rotatable bonds is 6. The monoisotopic (exact) mass is 290 g/mol. The molecule has 0 radical (unpaired) electrons. The van der Waals surface area contributed by atoms with Crippen molar-refractivity contribution in [2.24, 2.45) is 5.92 Å². The fraction of sp³-hybridized carbons (Fsp3) is 0.438. The van der Waals surface area contributed by atoms with Gasteiger partial charge in [0.1, 0.15) is 11.9 Å². The summed E-state index contributed by atoms with van der Waals surface area (Å²) >= 11 is 0. The number of hydrogen-bond acceptors (Lipinski definition) is 3. The lowest BCUT2D eigenvalue weighted by Gasteiger charge is -2.17. The minimum absolute atomic E-state index is 0.00695. The molecule has 3 atom stereocenters. The minimum atomic E-state index is -0.216. The number of benzene rings is 1. The highest BCUT2D eigenvalue weighted by Crippen LogP contribution is 2.16. The van der Waals surface area contributed by atoms with Gasteiger partial charge in [-0.3, -0.25) is 0 Å². The quantitative estimate of drug-likeness (QED) is 0.698. The molecule has 0 heterocycles. The van der Waals surface area contributed by atoms with Gasteiger partial charge in [0.15, 0.2) is 0 Å². The first-order valence-electron chi connectivity index (χ1n) is 7.22. The lowest BCUT2D eigenvalue weighted by Crippen LogP contribution is -2.44. The molecule has 0 aromatic heterocycles. The van der Waals surface area contributed by atoms with Crippen LogP contribution in [-0.2, 0) is 0 Å². The zero-order chi connectivity index (χ0) is 15.1. The predicted molar refractivity (Wildman–Crippen MR) is 81.2 cm³/mol. The Hall–Kier alpha value is -2.01. The van der Waals surface area contributed by atoms with E-state index in [1.165, 1.54) is 0 Å². The first-order chi connectivity index (χ1) is 10.2. The van der Waals surface area contributed by atoms with Crippen LogP contribution < -0.4 is 15.4 Å². The van der Waals surface area contributed by atoms with Crippen LogP contribution in [0.3, 0.4) is 0 Å². The smallest absolute Gasteiger partial charge is 0.315 e. The number of urea groups is 1. The Morgan fingerprint density at radius 3 is 2.81 bits per heavy atom. The van der Waals surface area contributed by atoms with Crippen LogP contribution in [0.1, 0.15) is 13.3 Å². The van der Waals surface area contributed by atoms with Crippen LogP contribution in [0.25, 0.3) is 0 Å². The second-order valence-electron chi connectivity index (χ2n) is 5.27. The molecule has 2 amide bonds. The van der Waals surface area contributed by atoms with Crippen LogP contribution in [0.15, 0.2) is 42.5 Å². The van der Waals surface area contributed by atoms with Crippen molar-refractivity contribution in [3.63, 3.8) is 0 Å². The van der Waals surface area contributed by atoms with Gasteiger partial charge in [0, 0.05) is 18.6 Å². The summed E-state index contributed by atoms with van der Waals surface area (Å²) in [4.78, 5) is 11.8. The van der Waals surface area contributed by atoms with Crippen LogP contribution in [-0.4, -0.2) is 36.4 Å². The van der Waals surface area contributed by atoms with E-state index in [1.54, 1.807) is 0 Å². The lowest BCUT2D eigenvalue weighted by molar-refractivity contribution is 0.205. The summed E-state index contributed by atoms with van der Waals surface area (Å²) < 4.78 is 5.68. The minimum Gasteiger partial charge on any atom is -0.489 e. The first kappa shape index (κ1) is 15.4. The molecule has 1 aliphatic rings. The van der Waals surface area contributed by atoms with Crippen molar-refractivity contribution in [3.8, 4) is 5.75 Å². The largest absolute Gasteiger partial charge is 0.489 e. The van der Waals surface area contributed by atoms with Gasteiger partial charge in [-0.05, 0) is 25.5 Å². The predicted octanol–water partition coefficient (Wildman–Crippen LogP) is 1.69. The fourth-order valence-corrected chi connectivity index (χ4v) is 2.25. The topological polar surface area (TPSA) is 70.6 Å². The number of carbonyl (C=O) groups excluding carboxylic acids is 1. The number of nitrogens with one attached hydrogen (secondary N) is 2. The maximum absolute atomic E-state index is 11.8. The normalized spacial score (nSPS) is 21.8.